The molecule has 2 aliphatic carbocycles. The van der Waals surface area contributed by atoms with Gasteiger partial charge in [-0.1, -0.05) is 147 Å². The van der Waals surface area contributed by atoms with Crippen molar-refractivity contribution in [1.82, 2.24) is 0 Å². The van der Waals surface area contributed by atoms with Crippen molar-refractivity contribution >= 4 is 38.1 Å². The predicted molar refractivity (Wildman–Crippen MR) is 200 cm³/mol. The van der Waals surface area contributed by atoms with Crippen LogP contribution in [0.3, 0.4) is 0 Å². The quantitative estimate of drug-likeness (QED) is 0.0845. The SMILES string of the molecule is C/C=C\C(=C/C)C(=O)c1cccc(-c2ccc3c(c2)c2cccc4c2c2c(cccc32)C42c3ccccc3-c3ccccc32)c1.CC. The molecule has 0 amide bonds. The summed E-state index contributed by atoms with van der Waals surface area (Å²) >= 11 is 0. The number of benzene rings is 7. The van der Waals surface area contributed by atoms with Gasteiger partial charge in [0.15, 0.2) is 5.78 Å². The van der Waals surface area contributed by atoms with Crippen LogP contribution in [0, 0.1) is 0 Å². The van der Waals surface area contributed by atoms with Gasteiger partial charge >= 0.3 is 0 Å². The Balaban J connectivity index is 0.00000159. The van der Waals surface area contributed by atoms with Gasteiger partial charge < -0.3 is 0 Å². The number of allylic oxidation sites excluding steroid dienone is 4. The summed E-state index contributed by atoms with van der Waals surface area (Å²) in [7, 11) is 0. The maximum atomic E-state index is 13.3. The summed E-state index contributed by atoms with van der Waals surface area (Å²) in [4.78, 5) is 13.3. The van der Waals surface area contributed by atoms with Crippen LogP contribution in [-0.2, 0) is 5.41 Å². The Morgan fingerprint density at radius 3 is 1.70 bits per heavy atom. The molecular weight excluding hydrogens is 569 g/mol. The molecule has 0 N–H and O–H groups in total. The predicted octanol–water partition coefficient (Wildman–Crippen LogP) is 12.2. The molecule has 0 fully saturated rings. The smallest absolute Gasteiger partial charge is 0.192 e. The fraction of sp³-hybridized carbons (Fsp3) is 0.109. The fourth-order valence-electron chi connectivity index (χ4n) is 8.35. The first-order valence-electron chi connectivity index (χ1n) is 16.7. The van der Waals surface area contributed by atoms with E-state index in [1.807, 2.05) is 64.1 Å². The van der Waals surface area contributed by atoms with Gasteiger partial charge in [-0.3, -0.25) is 4.79 Å². The van der Waals surface area contributed by atoms with Crippen LogP contribution in [0.2, 0.25) is 0 Å². The largest absolute Gasteiger partial charge is 0.289 e. The minimum absolute atomic E-state index is 0.0418. The summed E-state index contributed by atoms with van der Waals surface area (Å²) in [6, 6.07) is 46.6. The molecule has 0 aromatic heterocycles. The molecule has 0 saturated carbocycles. The molecule has 1 spiro atoms. The van der Waals surface area contributed by atoms with Crippen LogP contribution >= 0.6 is 0 Å². The normalized spacial score (nSPS) is 13.8. The molecule has 1 nitrogen and oxygen atoms in total. The lowest BCUT2D eigenvalue weighted by Gasteiger charge is -2.30. The zero-order chi connectivity index (χ0) is 32.3. The third-order valence-corrected chi connectivity index (χ3v) is 10.1. The van der Waals surface area contributed by atoms with Crippen molar-refractivity contribution in [3.05, 3.63) is 179 Å². The van der Waals surface area contributed by atoms with E-state index in [-0.39, 0.29) is 11.2 Å². The van der Waals surface area contributed by atoms with E-state index in [2.05, 4.69) is 109 Å². The minimum Gasteiger partial charge on any atom is -0.289 e. The summed E-state index contributed by atoms with van der Waals surface area (Å²) in [5.74, 6) is 0.0418. The van der Waals surface area contributed by atoms with E-state index < -0.39 is 0 Å². The molecule has 0 unspecified atom stereocenters. The Kier molecular flexibility index (Phi) is 6.81. The number of fused-ring (bicyclic) bond motifs is 10. The van der Waals surface area contributed by atoms with Crippen molar-refractivity contribution in [1.29, 1.82) is 0 Å². The summed E-state index contributed by atoms with van der Waals surface area (Å²) in [6.45, 7) is 7.85. The highest BCUT2D eigenvalue weighted by Crippen LogP contribution is 2.63. The number of carbonyl (C=O) groups is 1. The second-order valence-corrected chi connectivity index (χ2v) is 12.2. The van der Waals surface area contributed by atoms with Crippen molar-refractivity contribution in [2.24, 2.45) is 0 Å². The molecule has 7 aromatic rings. The summed E-state index contributed by atoms with van der Waals surface area (Å²) in [5.41, 5.74) is 11.3. The third kappa shape index (κ3) is 3.87. The van der Waals surface area contributed by atoms with Crippen molar-refractivity contribution in [3.8, 4) is 22.3 Å². The van der Waals surface area contributed by atoms with Gasteiger partial charge in [0, 0.05) is 11.1 Å². The van der Waals surface area contributed by atoms with Crippen molar-refractivity contribution in [2.45, 2.75) is 33.1 Å². The zero-order valence-electron chi connectivity index (χ0n) is 27.3. The molecule has 7 aromatic carbocycles. The summed E-state index contributed by atoms with van der Waals surface area (Å²) < 4.78 is 0. The molecule has 0 bridgehead atoms. The monoisotopic (exact) mass is 604 g/mol. The highest BCUT2D eigenvalue weighted by molar-refractivity contribution is 6.30. The van der Waals surface area contributed by atoms with Crippen molar-refractivity contribution in [3.63, 3.8) is 0 Å². The lowest BCUT2D eigenvalue weighted by atomic mass is 9.70. The Morgan fingerprint density at radius 1 is 0.532 bits per heavy atom. The average Bonchev–Trinajstić information content (AvgIpc) is 3.62. The van der Waals surface area contributed by atoms with Crippen LogP contribution in [0.5, 0.6) is 0 Å². The van der Waals surface area contributed by atoms with E-state index >= 15 is 0 Å². The highest BCUT2D eigenvalue weighted by atomic mass is 16.1. The van der Waals surface area contributed by atoms with Crippen LogP contribution in [-0.4, -0.2) is 5.78 Å². The number of hydrogen-bond donors (Lipinski definition) is 0. The molecule has 2 aliphatic rings. The molecule has 0 aliphatic heterocycles. The van der Waals surface area contributed by atoms with Crippen LogP contribution < -0.4 is 0 Å². The van der Waals surface area contributed by atoms with E-state index in [1.165, 1.54) is 65.7 Å². The Hall–Kier alpha value is -5.53. The molecule has 0 atom stereocenters. The first-order chi connectivity index (χ1) is 23.2. The van der Waals surface area contributed by atoms with Gasteiger partial charge in [0.05, 0.1) is 5.41 Å². The van der Waals surface area contributed by atoms with E-state index in [9.17, 15) is 4.79 Å². The Bertz CT molecular complexity index is 2430. The average molecular weight is 605 g/mol. The van der Waals surface area contributed by atoms with Crippen LogP contribution in [0.1, 0.15) is 60.3 Å². The van der Waals surface area contributed by atoms with Gasteiger partial charge in [-0.25, -0.2) is 0 Å². The van der Waals surface area contributed by atoms with E-state index in [0.29, 0.717) is 11.1 Å². The van der Waals surface area contributed by atoms with Crippen LogP contribution in [0.15, 0.2) is 151 Å². The Morgan fingerprint density at radius 2 is 1.09 bits per heavy atom. The lowest BCUT2D eigenvalue weighted by molar-refractivity contribution is 0.103. The third-order valence-electron chi connectivity index (χ3n) is 10.1. The first kappa shape index (κ1) is 28.9. The van der Waals surface area contributed by atoms with Gasteiger partial charge in [-0.2, -0.15) is 0 Å². The minimum atomic E-state index is -0.346. The number of rotatable bonds is 4. The molecule has 226 valence electrons. The standard InChI is InChI=1S/C44H30O.C2H6/c1-3-12-27(4-2)43(45)30-14-9-13-28(25-30)29-23-24-31-34-17-10-21-39-41(34)42-35(36(31)26-29)18-11-22-40(42)44(39)37-19-7-5-15-32(37)33-16-6-8-20-38(33)44;1-2/h3-26H,1-2H3;1-2H3/b12-3-,27-4+;. The Labute approximate surface area is 276 Å². The second kappa shape index (κ2) is 11.1. The summed E-state index contributed by atoms with van der Waals surface area (Å²) in [5, 5.41) is 7.79. The van der Waals surface area contributed by atoms with Crippen LogP contribution in [0.25, 0.3) is 54.6 Å². The second-order valence-electron chi connectivity index (χ2n) is 12.2. The van der Waals surface area contributed by atoms with Gasteiger partial charge in [-0.15, -0.1) is 0 Å². The first-order valence-corrected chi connectivity index (χ1v) is 16.7. The van der Waals surface area contributed by atoms with Gasteiger partial charge in [0.25, 0.3) is 0 Å². The molecule has 0 saturated heterocycles. The molecule has 0 radical (unpaired) electrons. The van der Waals surface area contributed by atoms with Gasteiger partial charge in [-0.05, 0) is 103 Å². The van der Waals surface area contributed by atoms with Crippen molar-refractivity contribution < 1.29 is 4.79 Å². The molecular formula is C46H36O. The molecule has 1 heteroatoms. The highest BCUT2D eigenvalue weighted by Gasteiger charge is 2.50. The van der Waals surface area contributed by atoms with E-state index in [4.69, 9.17) is 0 Å². The number of carbonyl (C=O) groups excluding carboxylic acids is 1. The lowest BCUT2D eigenvalue weighted by Crippen LogP contribution is -2.25. The topological polar surface area (TPSA) is 17.1 Å². The van der Waals surface area contributed by atoms with Gasteiger partial charge in [0.1, 0.15) is 0 Å². The van der Waals surface area contributed by atoms with E-state index in [1.54, 1.807) is 0 Å². The molecule has 0 heterocycles. The maximum absolute atomic E-state index is 13.3. The maximum Gasteiger partial charge on any atom is 0.192 e. The number of hydrogen-bond acceptors (Lipinski definition) is 1. The van der Waals surface area contributed by atoms with Gasteiger partial charge in [0.2, 0.25) is 0 Å². The zero-order valence-corrected chi connectivity index (χ0v) is 27.3. The van der Waals surface area contributed by atoms with Crippen LogP contribution in [0.4, 0.5) is 0 Å². The summed E-state index contributed by atoms with van der Waals surface area (Å²) in [6.07, 6.45) is 5.67. The number of Topliss-reactive ketones (excluding diaryl/α,β-unsaturated/α-hetero) is 1. The fourth-order valence-corrected chi connectivity index (χ4v) is 8.35. The number of ketones is 1. The molecule has 47 heavy (non-hydrogen) atoms. The van der Waals surface area contributed by atoms with E-state index in [0.717, 1.165) is 11.1 Å². The van der Waals surface area contributed by atoms with Crippen molar-refractivity contribution in [2.75, 3.05) is 0 Å². The molecule has 9 rings (SSSR count).